The fourth-order valence-electron chi connectivity index (χ4n) is 3.90. The molecule has 0 atom stereocenters. The van der Waals surface area contributed by atoms with E-state index in [0.29, 0.717) is 6.61 Å². The van der Waals surface area contributed by atoms with Crippen molar-refractivity contribution >= 4 is 10.9 Å². The Labute approximate surface area is 196 Å². The SMILES string of the molecule is COc1ccc2nc(-c3ccc(OCc4nn(C)cc4-c4ccc(=O)n(C)c4)cc3)ccc2c1. The van der Waals surface area contributed by atoms with E-state index < -0.39 is 0 Å². The second kappa shape index (κ2) is 8.86. The number of fused-ring (bicyclic) bond motifs is 1. The highest BCUT2D eigenvalue weighted by atomic mass is 16.5. The normalized spacial score (nSPS) is 11.0. The van der Waals surface area contributed by atoms with Gasteiger partial charge >= 0.3 is 0 Å². The molecule has 0 aliphatic rings. The largest absolute Gasteiger partial charge is 0.497 e. The molecular formula is C27H24N4O3. The number of pyridine rings is 2. The molecule has 0 spiro atoms. The van der Waals surface area contributed by atoms with Crippen LogP contribution in [0.5, 0.6) is 11.5 Å². The fraction of sp³-hybridized carbons (Fsp3) is 0.148. The summed E-state index contributed by atoms with van der Waals surface area (Å²) in [5, 5.41) is 5.58. The number of nitrogens with zero attached hydrogens (tertiary/aromatic N) is 4. The number of benzene rings is 2. The Morgan fingerprint density at radius 1 is 0.853 bits per heavy atom. The van der Waals surface area contributed by atoms with Gasteiger partial charge in [0.1, 0.15) is 23.8 Å². The average Bonchev–Trinajstić information content (AvgIpc) is 3.24. The Bertz CT molecular complexity index is 1530. The summed E-state index contributed by atoms with van der Waals surface area (Å²) in [6, 6.07) is 21.1. The maximum atomic E-state index is 11.7. The molecule has 5 aromatic rings. The first-order chi connectivity index (χ1) is 16.5. The van der Waals surface area contributed by atoms with Gasteiger partial charge in [0.15, 0.2) is 0 Å². The van der Waals surface area contributed by atoms with Crippen LogP contribution in [0.25, 0.3) is 33.3 Å². The fourth-order valence-corrected chi connectivity index (χ4v) is 3.90. The number of aryl methyl sites for hydroxylation is 2. The summed E-state index contributed by atoms with van der Waals surface area (Å²) in [7, 11) is 5.27. The summed E-state index contributed by atoms with van der Waals surface area (Å²) in [4.78, 5) is 16.5. The van der Waals surface area contributed by atoms with E-state index in [1.54, 1.807) is 29.5 Å². The quantitative estimate of drug-likeness (QED) is 0.377. The van der Waals surface area contributed by atoms with Gasteiger partial charge in [-0.2, -0.15) is 5.10 Å². The highest BCUT2D eigenvalue weighted by Gasteiger charge is 2.12. The lowest BCUT2D eigenvalue weighted by atomic mass is 10.1. The number of methoxy groups -OCH3 is 1. The van der Waals surface area contributed by atoms with Gasteiger partial charge in [-0.3, -0.25) is 9.48 Å². The van der Waals surface area contributed by atoms with E-state index in [9.17, 15) is 4.79 Å². The van der Waals surface area contributed by atoms with E-state index in [1.165, 1.54) is 0 Å². The van der Waals surface area contributed by atoms with E-state index in [1.807, 2.05) is 80.1 Å². The lowest BCUT2D eigenvalue weighted by Crippen LogP contribution is -2.14. The van der Waals surface area contributed by atoms with Crippen LogP contribution in [0.2, 0.25) is 0 Å². The van der Waals surface area contributed by atoms with Crippen LogP contribution in [-0.4, -0.2) is 26.4 Å². The molecule has 5 rings (SSSR count). The van der Waals surface area contributed by atoms with Crippen molar-refractivity contribution in [2.75, 3.05) is 7.11 Å². The van der Waals surface area contributed by atoms with Crippen molar-refractivity contribution in [2.45, 2.75) is 6.61 Å². The predicted molar refractivity (Wildman–Crippen MR) is 132 cm³/mol. The zero-order valence-electron chi connectivity index (χ0n) is 19.2. The Morgan fingerprint density at radius 3 is 2.38 bits per heavy atom. The van der Waals surface area contributed by atoms with Gasteiger partial charge in [0.05, 0.1) is 18.3 Å². The van der Waals surface area contributed by atoms with Crippen molar-refractivity contribution < 1.29 is 9.47 Å². The monoisotopic (exact) mass is 452 g/mol. The highest BCUT2D eigenvalue weighted by Crippen LogP contribution is 2.27. The summed E-state index contributed by atoms with van der Waals surface area (Å²) in [5.41, 5.74) is 5.43. The molecular weight excluding hydrogens is 428 g/mol. The van der Waals surface area contributed by atoms with E-state index >= 15 is 0 Å². The third-order valence-electron chi connectivity index (χ3n) is 5.72. The third-order valence-corrected chi connectivity index (χ3v) is 5.72. The molecule has 0 aliphatic carbocycles. The molecule has 170 valence electrons. The first-order valence-corrected chi connectivity index (χ1v) is 10.9. The first-order valence-electron chi connectivity index (χ1n) is 10.9. The summed E-state index contributed by atoms with van der Waals surface area (Å²) in [6.07, 6.45) is 3.74. The maximum absolute atomic E-state index is 11.7. The van der Waals surface area contributed by atoms with Crippen LogP contribution in [0.3, 0.4) is 0 Å². The Kier molecular flexibility index (Phi) is 5.59. The van der Waals surface area contributed by atoms with Crippen molar-refractivity contribution in [3.8, 4) is 33.9 Å². The van der Waals surface area contributed by atoms with Crippen LogP contribution < -0.4 is 15.0 Å². The van der Waals surface area contributed by atoms with Gasteiger partial charge in [-0.25, -0.2) is 4.98 Å². The van der Waals surface area contributed by atoms with Crippen molar-refractivity contribution in [3.05, 3.63) is 95.2 Å². The van der Waals surface area contributed by atoms with Crippen molar-refractivity contribution in [3.63, 3.8) is 0 Å². The molecule has 34 heavy (non-hydrogen) atoms. The lowest BCUT2D eigenvalue weighted by molar-refractivity contribution is 0.300. The van der Waals surface area contributed by atoms with E-state index in [2.05, 4.69) is 5.10 Å². The number of rotatable bonds is 6. The molecule has 0 unspecified atom stereocenters. The number of ether oxygens (including phenoxy) is 2. The number of hydrogen-bond acceptors (Lipinski definition) is 5. The number of hydrogen-bond donors (Lipinski definition) is 0. The Balaban J connectivity index is 1.33. The van der Waals surface area contributed by atoms with Crippen LogP contribution in [0.1, 0.15) is 5.69 Å². The van der Waals surface area contributed by atoms with E-state index in [4.69, 9.17) is 14.5 Å². The van der Waals surface area contributed by atoms with Crippen LogP contribution in [0, 0.1) is 0 Å². The maximum Gasteiger partial charge on any atom is 0.250 e. The zero-order valence-corrected chi connectivity index (χ0v) is 19.2. The van der Waals surface area contributed by atoms with Gasteiger partial charge in [0.25, 0.3) is 0 Å². The van der Waals surface area contributed by atoms with Crippen LogP contribution in [-0.2, 0) is 20.7 Å². The van der Waals surface area contributed by atoms with Gasteiger partial charge in [0.2, 0.25) is 5.56 Å². The lowest BCUT2D eigenvalue weighted by Gasteiger charge is -2.09. The Hall–Kier alpha value is -4.39. The van der Waals surface area contributed by atoms with Gasteiger partial charge in [-0.15, -0.1) is 0 Å². The molecule has 0 amide bonds. The minimum absolute atomic E-state index is 0.0499. The molecule has 0 N–H and O–H groups in total. The summed E-state index contributed by atoms with van der Waals surface area (Å²) >= 11 is 0. The van der Waals surface area contributed by atoms with E-state index in [0.717, 1.165) is 50.5 Å². The van der Waals surface area contributed by atoms with Crippen LogP contribution in [0.4, 0.5) is 0 Å². The molecule has 7 heteroatoms. The minimum Gasteiger partial charge on any atom is -0.497 e. The molecule has 0 saturated carbocycles. The van der Waals surface area contributed by atoms with Crippen molar-refractivity contribution in [2.24, 2.45) is 14.1 Å². The molecule has 0 radical (unpaired) electrons. The second-order valence-electron chi connectivity index (χ2n) is 8.10. The van der Waals surface area contributed by atoms with Crippen molar-refractivity contribution in [1.82, 2.24) is 19.3 Å². The van der Waals surface area contributed by atoms with Gasteiger partial charge < -0.3 is 14.0 Å². The predicted octanol–water partition coefficient (Wildman–Crippen LogP) is 4.59. The highest BCUT2D eigenvalue weighted by molar-refractivity contribution is 5.83. The second-order valence-corrected chi connectivity index (χ2v) is 8.10. The van der Waals surface area contributed by atoms with E-state index in [-0.39, 0.29) is 5.56 Å². The third kappa shape index (κ3) is 4.28. The molecule has 7 nitrogen and oxygen atoms in total. The molecule has 0 aliphatic heterocycles. The summed E-state index contributed by atoms with van der Waals surface area (Å²) < 4.78 is 14.6. The van der Waals surface area contributed by atoms with Crippen LogP contribution >= 0.6 is 0 Å². The average molecular weight is 453 g/mol. The smallest absolute Gasteiger partial charge is 0.250 e. The summed E-state index contributed by atoms with van der Waals surface area (Å²) in [5.74, 6) is 1.56. The number of aromatic nitrogens is 4. The van der Waals surface area contributed by atoms with Gasteiger partial charge in [-0.1, -0.05) is 6.07 Å². The Morgan fingerprint density at radius 2 is 1.62 bits per heavy atom. The zero-order chi connectivity index (χ0) is 23.7. The molecule has 3 heterocycles. The van der Waals surface area contributed by atoms with Crippen molar-refractivity contribution in [1.29, 1.82) is 0 Å². The molecule has 0 saturated heterocycles. The van der Waals surface area contributed by atoms with Gasteiger partial charge in [-0.05, 0) is 54.6 Å². The van der Waals surface area contributed by atoms with Gasteiger partial charge in [0, 0.05) is 54.6 Å². The summed E-state index contributed by atoms with van der Waals surface area (Å²) in [6.45, 7) is 0.314. The molecule has 0 bridgehead atoms. The molecule has 3 aromatic heterocycles. The minimum atomic E-state index is -0.0499. The molecule has 2 aromatic carbocycles. The topological polar surface area (TPSA) is 71.2 Å². The first kappa shape index (κ1) is 21.5. The standard InChI is InChI=1S/C27H24N4O3/c1-30-15-20(7-13-27(30)32)23-16-31(2)29-26(23)17-34-21-8-4-18(5-9-21)24-11-6-19-14-22(33-3)10-12-25(19)28-24/h4-16H,17H2,1-3H3. The molecule has 0 fully saturated rings. The van der Waals surface area contributed by atoms with Crippen LogP contribution in [0.15, 0.2) is 83.9 Å².